The lowest BCUT2D eigenvalue weighted by molar-refractivity contribution is -0.143. The Kier molecular flexibility index (Phi) is 7.40. The molecule has 0 aliphatic carbocycles. The summed E-state index contributed by atoms with van der Waals surface area (Å²) < 4.78 is 11.6. The van der Waals surface area contributed by atoms with Crippen LogP contribution in [0.25, 0.3) is 0 Å². The predicted molar refractivity (Wildman–Crippen MR) is 110 cm³/mol. The molecule has 1 aliphatic rings. The summed E-state index contributed by atoms with van der Waals surface area (Å²) in [6.45, 7) is 0.573. The number of aliphatic hydroxyl groups is 1. The molecule has 2 atom stereocenters. The van der Waals surface area contributed by atoms with E-state index in [0.29, 0.717) is 25.1 Å². The van der Waals surface area contributed by atoms with Crippen molar-refractivity contribution in [2.75, 3.05) is 18.5 Å². The lowest BCUT2D eigenvalue weighted by atomic mass is 9.92. The van der Waals surface area contributed by atoms with Gasteiger partial charge in [-0.2, -0.15) is 0 Å². The van der Waals surface area contributed by atoms with Gasteiger partial charge >= 0.3 is 0 Å². The number of rotatable bonds is 8. The molecule has 2 heterocycles. The van der Waals surface area contributed by atoms with Gasteiger partial charge in [-0.3, -0.25) is 9.78 Å². The maximum absolute atomic E-state index is 12.7. The van der Waals surface area contributed by atoms with Crippen molar-refractivity contribution in [1.82, 2.24) is 4.98 Å². The van der Waals surface area contributed by atoms with Crippen LogP contribution in [-0.4, -0.2) is 35.5 Å². The normalized spacial score (nSPS) is 18.3. The van der Waals surface area contributed by atoms with Crippen LogP contribution in [0.4, 0.5) is 5.69 Å². The molecule has 0 saturated heterocycles. The zero-order valence-corrected chi connectivity index (χ0v) is 16.1. The summed E-state index contributed by atoms with van der Waals surface area (Å²) in [4.78, 5) is 16.7. The zero-order valence-electron chi connectivity index (χ0n) is 16.1. The summed E-state index contributed by atoms with van der Waals surface area (Å²) in [5.74, 6) is 2.41. The average molecular weight is 392 g/mol. The van der Waals surface area contributed by atoms with E-state index in [4.69, 9.17) is 21.0 Å². The van der Waals surface area contributed by atoms with E-state index in [1.807, 2.05) is 30.3 Å². The third kappa shape index (κ3) is 5.92. The maximum Gasteiger partial charge on any atom is 0.290 e. The number of aliphatic hydroxyl groups excluding tert-OH is 1. The van der Waals surface area contributed by atoms with Crippen LogP contribution in [0.3, 0.4) is 0 Å². The molecule has 0 unspecified atom stereocenters. The highest BCUT2D eigenvalue weighted by molar-refractivity contribution is 6.02. The lowest BCUT2D eigenvalue weighted by Crippen LogP contribution is -2.29. The van der Waals surface area contributed by atoms with Gasteiger partial charge in [-0.15, -0.1) is 6.42 Å². The van der Waals surface area contributed by atoms with Gasteiger partial charge in [-0.1, -0.05) is 18.1 Å². The van der Waals surface area contributed by atoms with Crippen molar-refractivity contribution in [2.24, 2.45) is 0 Å². The summed E-state index contributed by atoms with van der Waals surface area (Å²) >= 11 is 0. The number of benzene rings is 1. The van der Waals surface area contributed by atoms with E-state index >= 15 is 0 Å². The van der Waals surface area contributed by atoms with Crippen LogP contribution in [0, 0.1) is 12.3 Å². The number of hydrogen-bond acceptors (Lipinski definition) is 5. The number of allylic oxidation sites excluding steroid dienone is 1. The number of hydrogen-bond donors (Lipinski definition) is 2. The van der Waals surface area contributed by atoms with E-state index in [0.717, 1.165) is 17.5 Å². The first-order chi connectivity index (χ1) is 14.2. The number of carbonyl (C=O) groups excluding carboxylic acids is 1. The first kappa shape index (κ1) is 20.6. The van der Waals surface area contributed by atoms with Gasteiger partial charge in [0.2, 0.25) is 6.29 Å². The number of pyridine rings is 1. The lowest BCUT2D eigenvalue weighted by Gasteiger charge is -2.29. The molecule has 1 aliphatic heterocycles. The van der Waals surface area contributed by atoms with Crippen molar-refractivity contribution in [2.45, 2.75) is 31.5 Å². The van der Waals surface area contributed by atoms with Crippen molar-refractivity contribution in [3.63, 3.8) is 0 Å². The standard InChI is InChI=1S/C23H24N2O4/c1-2-17-7-9-18(10-8-17)19-14-21(23(27)25-20-6-5-11-24-16-20)29-22(15-19)28-13-4-3-12-26/h1,5-11,14,16,19,22,26H,3-4,12-13,15H2,(H,25,27)/t19-,22+/m0/s1. The Balaban J connectivity index is 1.76. The van der Waals surface area contributed by atoms with Crippen LogP contribution >= 0.6 is 0 Å². The Morgan fingerprint density at radius 1 is 1.31 bits per heavy atom. The van der Waals surface area contributed by atoms with Crippen LogP contribution in [0.2, 0.25) is 0 Å². The molecule has 1 amide bonds. The number of unbranched alkanes of at least 4 members (excludes halogenated alkanes) is 1. The number of ether oxygens (including phenoxy) is 2. The topological polar surface area (TPSA) is 80.7 Å². The number of amides is 1. The Morgan fingerprint density at radius 3 is 2.83 bits per heavy atom. The van der Waals surface area contributed by atoms with E-state index in [9.17, 15) is 4.79 Å². The third-order valence-corrected chi connectivity index (χ3v) is 4.56. The summed E-state index contributed by atoms with van der Waals surface area (Å²) in [5, 5.41) is 11.7. The van der Waals surface area contributed by atoms with Gasteiger partial charge in [0.1, 0.15) is 0 Å². The molecule has 2 aromatic rings. The van der Waals surface area contributed by atoms with Gasteiger partial charge in [0, 0.05) is 30.7 Å². The molecule has 0 spiro atoms. The smallest absolute Gasteiger partial charge is 0.290 e. The molecule has 0 bridgehead atoms. The van der Waals surface area contributed by atoms with E-state index < -0.39 is 6.29 Å². The molecular weight excluding hydrogens is 368 g/mol. The van der Waals surface area contributed by atoms with Crippen LogP contribution in [0.1, 0.15) is 36.3 Å². The molecule has 29 heavy (non-hydrogen) atoms. The maximum atomic E-state index is 12.7. The highest BCUT2D eigenvalue weighted by atomic mass is 16.7. The van der Waals surface area contributed by atoms with Crippen molar-refractivity contribution < 1.29 is 19.4 Å². The van der Waals surface area contributed by atoms with E-state index in [1.165, 1.54) is 0 Å². The van der Waals surface area contributed by atoms with Crippen molar-refractivity contribution in [3.8, 4) is 12.3 Å². The second kappa shape index (κ2) is 10.4. The largest absolute Gasteiger partial charge is 0.459 e. The van der Waals surface area contributed by atoms with Gasteiger partial charge in [-0.25, -0.2) is 0 Å². The summed E-state index contributed by atoms with van der Waals surface area (Å²) in [6.07, 6.45) is 11.9. The van der Waals surface area contributed by atoms with Gasteiger partial charge in [0.05, 0.1) is 18.5 Å². The minimum absolute atomic E-state index is 0.0481. The Labute approximate surface area is 170 Å². The third-order valence-electron chi connectivity index (χ3n) is 4.56. The molecule has 3 rings (SSSR count). The highest BCUT2D eigenvalue weighted by Gasteiger charge is 2.28. The van der Waals surface area contributed by atoms with E-state index in [-0.39, 0.29) is 24.2 Å². The SMILES string of the molecule is C#Cc1ccc([C@H]2C=C(C(=O)Nc3cccnc3)O[C@@H](OCCCCO)C2)cc1. The zero-order chi connectivity index (χ0) is 20.5. The van der Waals surface area contributed by atoms with Crippen LogP contribution < -0.4 is 5.32 Å². The number of aromatic nitrogens is 1. The van der Waals surface area contributed by atoms with Crippen LogP contribution in [-0.2, 0) is 14.3 Å². The summed E-state index contributed by atoms with van der Waals surface area (Å²) in [6, 6.07) is 11.2. The van der Waals surface area contributed by atoms with E-state index in [1.54, 1.807) is 24.5 Å². The Hall–Kier alpha value is -3.14. The Bertz CT molecular complexity index is 872. The monoisotopic (exact) mass is 392 g/mol. The molecule has 6 heteroatoms. The summed E-state index contributed by atoms with van der Waals surface area (Å²) in [5.41, 5.74) is 2.42. The Morgan fingerprint density at radius 2 is 2.14 bits per heavy atom. The molecule has 6 nitrogen and oxygen atoms in total. The predicted octanol–water partition coefficient (Wildman–Crippen LogP) is 3.20. The van der Waals surface area contributed by atoms with Crippen molar-refractivity contribution in [1.29, 1.82) is 0 Å². The van der Waals surface area contributed by atoms with Crippen molar-refractivity contribution >= 4 is 11.6 Å². The van der Waals surface area contributed by atoms with E-state index in [2.05, 4.69) is 16.2 Å². The number of nitrogens with zero attached hydrogens (tertiary/aromatic N) is 1. The van der Waals surface area contributed by atoms with Gasteiger partial charge in [0.25, 0.3) is 5.91 Å². The van der Waals surface area contributed by atoms with Crippen LogP contribution in [0.5, 0.6) is 0 Å². The van der Waals surface area contributed by atoms with Crippen LogP contribution in [0.15, 0.2) is 60.6 Å². The minimum Gasteiger partial charge on any atom is -0.459 e. The fraction of sp³-hybridized carbons (Fsp3) is 0.304. The number of carbonyl (C=O) groups is 1. The first-order valence-electron chi connectivity index (χ1n) is 9.58. The van der Waals surface area contributed by atoms with Gasteiger partial charge in [0.15, 0.2) is 5.76 Å². The van der Waals surface area contributed by atoms with Gasteiger partial charge in [-0.05, 0) is 48.7 Å². The molecule has 1 aromatic heterocycles. The minimum atomic E-state index is -0.550. The fourth-order valence-corrected chi connectivity index (χ4v) is 3.04. The highest BCUT2D eigenvalue weighted by Crippen LogP contribution is 2.32. The molecule has 0 fully saturated rings. The van der Waals surface area contributed by atoms with Crippen molar-refractivity contribution in [3.05, 3.63) is 71.8 Å². The molecular formula is C23H24N2O4. The summed E-state index contributed by atoms with van der Waals surface area (Å²) in [7, 11) is 0. The average Bonchev–Trinajstić information content (AvgIpc) is 2.77. The molecule has 150 valence electrons. The fourth-order valence-electron chi connectivity index (χ4n) is 3.04. The first-order valence-corrected chi connectivity index (χ1v) is 9.58. The quantitative estimate of drug-likeness (QED) is 0.533. The molecule has 2 N–H and O–H groups in total. The number of nitrogens with one attached hydrogen (secondary N) is 1. The number of anilines is 1. The second-order valence-electron chi connectivity index (χ2n) is 6.68. The molecule has 0 saturated carbocycles. The number of terminal acetylenes is 1. The second-order valence-corrected chi connectivity index (χ2v) is 6.68. The molecule has 0 radical (unpaired) electrons. The molecule has 1 aromatic carbocycles. The van der Waals surface area contributed by atoms with Gasteiger partial charge < -0.3 is 19.9 Å².